The molecule has 1 spiro atoms. The lowest BCUT2D eigenvalue weighted by Crippen LogP contribution is -2.58. The number of Topliss-reactive ketones (excluding diaryl/α,β-unsaturated/α-hetero) is 1. The highest BCUT2D eigenvalue weighted by Gasteiger charge is 2.53. The maximum absolute atomic E-state index is 13.2. The highest BCUT2D eigenvalue weighted by molar-refractivity contribution is 5.89. The van der Waals surface area contributed by atoms with Crippen molar-refractivity contribution in [3.63, 3.8) is 0 Å². The fourth-order valence-corrected chi connectivity index (χ4v) is 5.01. The molecule has 0 amide bonds. The van der Waals surface area contributed by atoms with Gasteiger partial charge in [0.25, 0.3) is 0 Å². The molecular weight excluding hydrogens is 288 g/mol. The Bertz CT molecular complexity index is 396. The van der Waals surface area contributed by atoms with E-state index in [1.807, 2.05) is 0 Å². The number of hydrogen-bond donors (Lipinski definition) is 0. The summed E-state index contributed by atoms with van der Waals surface area (Å²) in [6.07, 6.45) is 14.4. The minimum atomic E-state index is -0.922. The fraction of sp³-hybridized carbons (Fsp3) is 0.950. The highest BCUT2D eigenvalue weighted by Crippen LogP contribution is 2.44. The van der Waals surface area contributed by atoms with Crippen molar-refractivity contribution in [2.75, 3.05) is 0 Å². The van der Waals surface area contributed by atoms with E-state index in [0.29, 0.717) is 5.92 Å². The van der Waals surface area contributed by atoms with Gasteiger partial charge in [-0.05, 0) is 39.0 Å². The van der Waals surface area contributed by atoms with Crippen LogP contribution in [0, 0.1) is 11.8 Å². The van der Waals surface area contributed by atoms with Gasteiger partial charge in [-0.2, -0.15) is 0 Å². The van der Waals surface area contributed by atoms with E-state index < -0.39 is 5.79 Å². The van der Waals surface area contributed by atoms with E-state index in [4.69, 9.17) is 9.47 Å². The molecule has 0 unspecified atom stereocenters. The molecule has 1 heterocycles. The highest BCUT2D eigenvalue weighted by atomic mass is 16.7. The molecule has 0 N–H and O–H groups in total. The third kappa shape index (κ3) is 4.17. The molecule has 3 nitrogen and oxygen atoms in total. The summed E-state index contributed by atoms with van der Waals surface area (Å²) >= 11 is 0. The number of ether oxygens (including phenoxy) is 2. The van der Waals surface area contributed by atoms with Crippen LogP contribution in [0.5, 0.6) is 0 Å². The van der Waals surface area contributed by atoms with Crippen molar-refractivity contribution in [1.82, 2.24) is 0 Å². The molecule has 4 atom stereocenters. The third-order valence-corrected chi connectivity index (χ3v) is 6.03. The molecule has 2 aliphatic carbocycles. The van der Waals surface area contributed by atoms with Crippen LogP contribution in [0.1, 0.15) is 90.9 Å². The third-order valence-electron chi connectivity index (χ3n) is 6.03. The van der Waals surface area contributed by atoms with Crippen LogP contribution in [0.15, 0.2) is 0 Å². The van der Waals surface area contributed by atoms with Crippen molar-refractivity contribution in [3.8, 4) is 0 Å². The average molecular weight is 322 g/mol. The van der Waals surface area contributed by atoms with Crippen LogP contribution in [0.25, 0.3) is 0 Å². The quantitative estimate of drug-likeness (QED) is 0.628. The van der Waals surface area contributed by atoms with Gasteiger partial charge in [-0.25, -0.2) is 0 Å². The lowest BCUT2D eigenvalue weighted by molar-refractivity contribution is -0.307. The predicted molar refractivity (Wildman–Crippen MR) is 91.2 cm³/mol. The summed E-state index contributed by atoms with van der Waals surface area (Å²) < 4.78 is 12.4. The molecule has 3 aliphatic rings. The monoisotopic (exact) mass is 322 g/mol. The summed E-state index contributed by atoms with van der Waals surface area (Å²) in [7, 11) is 0. The zero-order chi connectivity index (χ0) is 16.3. The van der Waals surface area contributed by atoms with Gasteiger partial charge >= 0.3 is 0 Å². The normalized spacial score (nSPS) is 43.7. The van der Waals surface area contributed by atoms with Gasteiger partial charge < -0.3 is 9.47 Å². The molecule has 3 fully saturated rings. The predicted octanol–water partition coefficient (Wildman–Crippen LogP) is 5.02. The minimum absolute atomic E-state index is 0.126. The number of carbonyl (C=O) groups is 1. The molecule has 1 aliphatic heterocycles. The molecule has 0 aromatic carbocycles. The lowest BCUT2D eigenvalue weighted by atomic mass is 9.72. The van der Waals surface area contributed by atoms with Crippen LogP contribution < -0.4 is 0 Å². The first-order valence-electron chi connectivity index (χ1n) is 9.99. The summed E-state index contributed by atoms with van der Waals surface area (Å²) in [5, 5.41) is 0. The number of ketones is 1. The standard InChI is InChI=1S/C20H34O3/c1-15-12-16(2)23-20(22-15)14-17-10-8-6-4-3-5-7-9-11-18(13-17)19(20)21/h15-18H,3-14H2,1-2H3/t15-,16-,17+,18-/m1/s1. The Kier molecular flexibility index (Phi) is 5.79. The van der Waals surface area contributed by atoms with Crippen LogP contribution in [0.2, 0.25) is 0 Å². The van der Waals surface area contributed by atoms with Crippen LogP contribution in [-0.4, -0.2) is 23.8 Å². The summed E-state index contributed by atoms with van der Waals surface area (Å²) in [5.41, 5.74) is 0. The maximum atomic E-state index is 13.2. The summed E-state index contributed by atoms with van der Waals surface area (Å²) in [4.78, 5) is 13.2. The second kappa shape index (κ2) is 7.65. The SMILES string of the molecule is C[C@@H]1C[C@@H](C)OC2(C[C@H]3CCCCCCCCC[C@H](C3)C2=O)O1. The van der Waals surface area contributed by atoms with Gasteiger partial charge in [-0.1, -0.05) is 51.4 Å². The molecule has 3 heteroatoms. The van der Waals surface area contributed by atoms with Gasteiger partial charge in [-0.15, -0.1) is 0 Å². The van der Waals surface area contributed by atoms with Crippen LogP contribution in [0.4, 0.5) is 0 Å². The average Bonchev–Trinajstić information content (AvgIpc) is 2.47. The van der Waals surface area contributed by atoms with E-state index in [0.717, 1.165) is 25.7 Å². The van der Waals surface area contributed by atoms with Gasteiger partial charge in [0.05, 0.1) is 12.2 Å². The summed E-state index contributed by atoms with van der Waals surface area (Å²) in [6, 6.07) is 0. The molecule has 3 rings (SSSR count). The Balaban J connectivity index is 1.76. The topological polar surface area (TPSA) is 35.5 Å². The number of rotatable bonds is 0. The molecule has 0 aromatic heterocycles. The summed E-state index contributed by atoms with van der Waals surface area (Å²) in [6.45, 7) is 4.18. The van der Waals surface area contributed by atoms with E-state index in [9.17, 15) is 4.79 Å². The lowest BCUT2D eigenvalue weighted by Gasteiger charge is -2.48. The van der Waals surface area contributed by atoms with Crippen molar-refractivity contribution < 1.29 is 14.3 Å². The van der Waals surface area contributed by atoms with Crippen molar-refractivity contribution in [1.29, 1.82) is 0 Å². The molecule has 1 saturated heterocycles. The molecule has 0 aromatic rings. The number of fused-ring (bicyclic) bond motifs is 2. The molecule has 2 bridgehead atoms. The van der Waals surface area contributed by atoms with Crippen molar-refractivity contribution in [2.45, 2.75) is 109 Å². The van der Waals surface area contributed by atoms with Crippen molar-refractivity contribution >= 4 is 5.78 Å². The van der Waals surface area contributed by atoms with Gasteiger partial charge in [0.15, 0.2) is 5.78 Å². The Morgan fingerprint density at radius 2 is 1.39 bits per heavy atom. The van der Waals surface area contributed by atoms with Crippen LogP contribution in [-0.2, 0) is 14.3 Å². The van der Waals surface area contributed by atoms with Gasteiger partial charge in [0, 0.05) is 12.3 Å². The maximum Gasteiger partial charge on any atom is 0.229 e. The van der Waals surface area contributed by atoms with E-state index in [-0.39, 0.29) is 23.9 Å². The minimum Gasteiger partial charge on any atom is -0.340 e. The Hall–Kier alpha value is -0.410. The Morgan fingerprint density at radius 3 is 2.04 bits per heavy atom. The number of carbonyl (C=O) groups excluding carboxylic acids is 1. The van der Waals surface area contributed by atoms with E-state index in [1.165, 1.54) is 51.4 Å². The van der Waals surface area contributed by atoms with Gasteiger partial charge in [-0.3, -0.25) is 4.79 Å². The van der Waals surface area contributed by atoms with Crippen molar-refractivity contribution in [2.24, 2.45) is 11.8 Å². The Labute approximate surface area is 141 Å². The molecule has 132 valence electrons. The van der Waals surface area contributed by atoms with Gasteiger partial charge in [0.2, 0.25) is 5.79 Å². The van der Waals surface area contributed by atoms with E-state index in [1.54, 1.807) is 0 Å². The van der Waals surface area contributed by atoms with Crippen LogP contribution in [0.3, 0.4) is 0 Å². The van der Waals surface area contributed by atoms with Gasteiger partial charge in [0.1, 0.15) is 0 Å². The first-order chi connectivity index (χ1) is 11.1. The van der Waals surface area contributed by atoms with Crippen molar-refractivity contribution in [3.05, 3.63) is 0 Å². The van der Waals surface area contributed by atoms with Crippen LogP contribution >= 0.6 is 0 Å². The molecular formula is C20H34O3. The molecule has 23 heavy (non-hydrogen) atoms. The zero-order valence-corrected chi connectivity index (χ0v) is 15.0. The van der Waals surface area contributed by atoms with E-state index in [2.05, 4.69) is 13.8 Å². The number of hydrogen-bond acceptors (Lipinski definition) is 3. The fourth-order valence-electron chi connectivity index (χ4n) is 5.01. The summed E-state index contributed by atoms with van der Waals surface area (Å²) in [5.74, 6) is 0.0823. The van der Waals surface area contributed by atoms with E-state index >= 15 is 0 Å². The first-order valence-corrected chi connectivity index (χ1v) is 9.99. The second-order valence-electron chi connectivity index (χ2n) is 8.26. The molecule has 2 saturated carbocycles. The largest absolute Gasteiger partial charge is 0.340 e. The zero-order valence-electron chi connectivity index (χ0n) is 15.0. The Morgan fingerprint density at radius 1 is 0.826 bits per heavy atom. The first kappa shape index (κ1) is 17.4. The smallest absolute Gasteiger partial charge is 0.229 e. The second-order valence-corrected chi connectivity index (χ2v) is 8.26. The molecule has 0 radical (unpaired) electrons.